The topological polar surface area (TPSA) is 64.9 Å². The van der Waals surface area contributed by atoms with Crippen molar-refractivity contribution >= 4 is 5.71 Å². The average Bonchev–Trinajstić information content (AvgIpc) is 3.71. The maximum absolute atomic E-state index is 11.1. The molecular weight excluding hydrogens is 709 g/mol. The van der Waals surface area contributed by atoms with Crippen LogP contribution in [0.1, 0.15) is 210 Å². The molecule has 4 heteroatoms. The first-order valence-corrected chi connectivity index (χ1v) is 26.2. The van der Waals surface area contributed by atoms with Crippen molar-refractivity contribution < 1.29 is 10.2 Å². The maximum atomic E-state index is 11.1. The molecule has 0 amide bonds. The lowest BCUT2D eigenvalue weighted by atomic mass is 9.43. The molecule has 0 bridgehead atoms. The second kappa shape index (κ2) is 16.8. The Kier molecular flexibility index (Phi) is 12.8. The minimum atomic E-state index is -0.141. The van der Waals surface area contributed by atoms with Crippen LogP contribution < -0.4 is 5.43 Å². The molecule has 0 aliphatic heterocycles. The van der Waals surface area contributed by atoms with E-state index in [0.29, 0.717) is 57.3 Å². The molecule has 11 unspecified atom stereocenters. The number of nitrogens with one attached hydrogen (secondary N) is 1. The predicted octanol–water partition coefficient (Wildman–Crippen LogP) is 13.5. The van der Waals surface area contributed by atoms with Gasteiger partial charge in [0, 0.05) is 17.7 Å². The van der Waals surface area contributed by atoms with E-state index in [-0.39, 0.29) is 12.2 Å². The van der Waals surface area contributed by atoms with Crippen molar-refractivity contribution in [3.8, 4) is 0 Å². The number of aliphatic hydroxyl groups is 2. The molecule has 8 fully saturated rings. The molecule has 8 aliphatic carbocycles. The second-order valence-electron chi connectivity index (χ2n) is 25.6. The van der Waals surface area contributed by atoms with Gasteiger partial charge in [-0.3, -0.25) is 0 Å². The smallest absolute Gasteiger partial charge is 0.0543 e. The van der Waals surface area contributed by atoms with E-state index in [2.05, 4.69) is 74.7 Å². The molecule has 0 saturated heterocycles. The number of nitrogens with zero attached hydrogens (tertiary/aromatic N) is 1. The van der Waals surface area contributed by atoms with E-state index < -0.39 is 0 Å². The molecule has 332 valence electrons. The molecule has 8 saturated carbocycles. The Balaban J connectivity index is 1.10. The maximum Gasteiger partial charge on any atom is 0.0543 e. The fourth-order valence-corrected chi connectivity index (χ4v) is 18.6. The summed E-state index contributed by atoms with van der Waals surface area (Å²) in [6, 6.07) is 0.413. The van der Waals surface area contributed by atoms with Gasteiger partial charge < -0.3 is 15.6 Å². The van der Waals surface area contributed by atoms with Crippen LogP contribution in [0.5, 0.6) is 0 Å². The molecule has 58 heavy (non-hydrogen) atoms. The van der Waals surface area contributed by atoms with Crippen LogP contribution in [-0.2, 0) is 0 Å². The summed E-state index contributed by atoms with van der Waals surface area (Å²) >= 11 is 0. The molecular formula is C54H94N2O2. The van der Waals surface area contributed by atoms with Crippen molar-refractivity contribution in [2.75, 3.05) is 0 Å². The van der Waals surface area contributed by atoms with Crippen molar-refractivity contribution in [1.29, 1.82) is 0 Å². The lowest BCUT2D eigenvalue weighted by Gasteiger charge is -2.63. The SMILES string of the molecule is CC(C)CCC[C@@H](C)[C@H]1CCC2C3C(=NNC4CC5CC(O)CC[C@]5(C)C5CC[C@@]6(C)C(CC[C@@H]6[C@H](C)CCCC(C)C)C45)CC4CC(O)CC[C@]4(C)C3CC[C@@]21C. The Morgan fingerprint density at radius 3 is 1.60 bits per heavy atom. The van der Waals surface area contributed by atoms with Gasteiger partial charge in [-0.25, -0.2) is 0 Å². The Labute approximate surface area is 358 Å². The predicted molar refractivity (Wildman–Crippen MR) is 243 cm³/mol. The zero-order valence-electron chi connectivity index (χ0n) is 39.7. The van der Waals surface area contributed by atoms with Crippen LogP contribution >= 0.6 is 0 Å². The Hall–Kier alpha value is -0.610. The molecule has 0 radical (unpaired) electrons. The molecule has 0 aromatic heterocycles. The highest BCUT2D eigenvalue weighted by molar-refractivity contribution is 5.89. The van der Waals surface area contributed by atoms with Crippen LogP contribution in [0.4, 0.5) is 0 Å². The van der Waals surface area contributed by atoms with Crippen LogP contribution in [-0.4, -0.2) is 34.2 Å². The number of fused-ring (bicyclic) bond motifs is 10. The Bertz CT molecular complexity index is 1440. The minimum Gasteiger partial charge on any atom is -0.393 e. The van der Waals surface area contributed by atoms with Crippen molar-refractivity contribution in [3.63, 3.8) is 0 Å². The quantitative estimate of drug-likeness (QED) is 0.172. The molecule has 0 heterocycles. The molecule has 0 aromatic carbocycles. The summed E-state index contributed by atoms with van der Waals surface area (Å²) in [5.41, 5.74) is 7.31. The molecule has 19 atom stereocenters. The van der Waals surface area contributed by atoms with Crippen molar-refractivity contribution in [1.82, 2.24) is 5.43 Å². The molecule has 0 aromatic rings. The van der Waals surface area contributed by atoms with E-state index in [4.69, 9.17) is 5.10 Å². The lowest BCUT2D eigenvalue weighted by molar-refractivity contribution is -0.142. The number of hydrazone groups is 1. The Morgan fingerprint density at radius 1 is 0.552 bits per heavy atom. The van der Waals surface area contributed by atoms with E-state index in [9.17, 15) is 10.2 Å². The summed E-state index contributed by atoms with van der Waals surface area (Å²) in [5, 5.41) is 28.2. The summed E-state index contributed by atoms with van der Waals surface area (Å²) < 4.78 is 0. The third-order valence-electron chi connectivity index (χ3n) is 21.9. The van der Waals surface area contributed by atoms with Crippen molar-refractivity contribution in [2.45, 2.75) is 229 Å². The van der Waals surface area contributed by atoms with Crippen LogP contribution in [0.2, 0.25) is 0 Å². The fraction of sp³-hybridized carbons (Fsp3) is 0.981. The van der Waals surface area contributed by atoms with E-state index in [1.807, 2.05) is 0 Å². The van der Waals surface area contributed by atoms with Crippen LogP contribution in [0, 0.1) is 105 Å². The molecule has 0 spiro atoms. The van der Waals surface area contributed by atoms with Gasteiger partial charge in [0.15, 0.2) is 0 Å². The van der Waals surface area contributed by atoms with E-state index >= 15 is 0 Å². The molecule has 8 aliphatic rings. The van der Waals surface area contributed by atoms with Crippen molar-refractivity contribution in [2.24, 2.45) is 110 Å². The summed E-state index contributed by atoms with van der Waals surface area (Å²) in [7, 11) is 0. The first kappa shape index (κ1) is 44.0. The van der Waals surface area contributed by atoms with Crippen LogP contribution in [0.3, 0.4) is 0 Å². The standard InChI is InChI=1S/C54H94N2O2/c1-33(2)13-11-15-35(5)41-17-19-43-49-45(23-27-53(41,43)9)51(7)25-21-39(57)29-37(51)31-47(49)55-56-48-32-38-30-40(58)22-26-52(38,8)46-24-28-54(10)42(18-20-44(54)50(46)48)36(6)16-12-14-34(3)4/h33-47,49-50,55,57-58H,11-32H2,1-10H3/t35-,36-,37?,38?,39?,40?,41-,42-,43?,44?,45?,46?,47?,49?,50?,51+,52+,53-,54-/m1/s1. The van der Waals surface area contributed by atoms with Crippen molar-refractivity contribution in [3.05, 3.63) is 0 Å². The van der Waals surface area contributed by atoms with Gasteiger partial charge in [0.25, 0.3) is 0 Å². The third-order valence-corrected chi connectivity index (χ3v) is 21.9. The van der Waals surface area contributed by atoms with Crippen LogP contribution in [0.15, 0.2) is 5.10 Å². The van der Waals surface area contributed by atoms with Gasteiger partial charge in [-0.15, -0.1) is 0 Å². The first-order valence-electron chi connectivity index (χ1n) is 26.2. The van der Waals surface area contributed by atoms with Gasteiger partial charge in [-0.05, 0) is 201 Å². The van der Waals surface area contributed by atoms with E-state index in [1.54, 1.807) is 0 Å². The highest BCUT2D eigenvalue weighted by Crippen LogP contribution is 2.70. The van der Waals surface area contributed by atoms with Gasteiger partial charge in [0.05, 0.1) is 12.2 Å². The normalized spacial score (nSPS) is 50.4. The van der Waals surface area contributed by atoms with Gasteiger partial charge in [0.1, 0.15) is 0 Å². The average molecular weight is 803 g/mol. The summed E-state index contributed by atoms with van der Waals surface area (Å²) in [4.78, 5) is 0. The zero-order valence-corrected chi connectivity index (χ0v) is 39.7. The third kappa shape index (κ3) is 7.65. The molecule has 3 N–H and O–H groups in total. The number of hydrogen-bond donors (Lipinski definition) is 3. The van der Waals surface area contributed by atoms with E-state index in [1.165, 1.54) is 115 Å². The second-order valence-corrected chi connectivity index (χ2v) is 25.6. The van der Waals surface area contributed by atoms with Gasteiger partial charge in [-0.2, -0.15) is 5.10 Å². The Morgan fingerprint density at radius 2 is 1.02 bits per heavy atom. The fourth-order valence-electron chi connectivity index (χ4n) is 18.6. The first-order chi connectivity index (χ1) is 27.5. The number of hydrogen-bond acceptors (Lipinski definition) is 4. The van der Waals surface area contributed by atoms with Gasteiger partial charge >= 0.3 is 0 Å². The van der Waals surface area contributed by atoms with Gasteiger partial charge in [0.2, 0.25) is 0 Å². The molecule has 8 rings (SSSR count). The zero-order chi connectivity index (χ0) is 41.4. The summed E-state index contributed by atoms with van der Waals surface area (Å²) in [6.07, 6.45) is 27.9. The van der Waals surface area contributed by atoms with Gasteiger partial charge in [-0.1, -0.05) is 108 Å². The largest absolute Gasteiger partial charge is 0.393 e. The number of aliphatic hydroxyl groups excluding tert-OH is 2. The monoisotopic (exact) mass is 803 g/mol. The minimum absolute atomic E-state index is 0.129. The van der Waals surface area contributed by atoms with E-state index in [0.717, 1.165) is 85.4 Å². The summed E-state index contributed by atoms with van der Waals surface area (Å²) in [6.45, 7) is 25.7. The number of rotatable bonds is 12. The molecule has 4 nitrogen and oxygen atoms in total. The highest BCUT2D eigenvalue weighted by atomic mass is 16.3. The lowest BCUT2D eigenvalue weighted by Crippen LogP contribution is -2.61. The summed E-state index contributed by atoms with van der Waals surface area (Å²) in [5.74, 6) is 10.4. The van der Waals surface area contributed by atoms with Crippen LogP contribution in [0.25, 0.3) is 0 Å². The highest BCUT2D eigenvalue weighted by Gasteiger charge is 2.65.